The minimum Gasteiger partial charge on any atom is -0.301 e. The lowest BCUT2D eigenvalue weighted by Gasteiger charge is -2.22. The van der Waals surface area contributed by atoms with Crippen molar-refractivity contribution in [1.82, 2.24) is 14.2 Å². The number of anilines is 1. The van der Waals surface area contributed by atoms with Crippen LogP contribution in [0, 0.1) is 0 Å². The monoisotopic (exact) mass is 446 g/mol. The molecule has 4 heterocycles. The highest BCUT2D eigenvalue weighted by atomic mass is 35.5. The molecule has 11 heteroatoms. The third-order valence-corrected chi connectivity index (χ3v) is 9.37. The van der Waals surface area contributed by atoms with Gasteiger partial charge >= 0.3 is 0 Å². The third kappa shape index (κ3) is 3.79. The van der Waals surface area contributed by atoms with E-state index in [1.165, 1.54) is 21.7 Å². The Labute approximate surface area is 171 Å². The topological polar surface area (TPSA) is 82.6 Å². The molecule has 0 aromatic carbocycles. The van der Waals surface area contributed by atoms with E-state index in [0.717, 1.165) is 41.4 Å². The fraction of sp³-hybridized carbons (Fsp3) is 0.500. The molecule has 1 amide bonds. The minimum atomic E-state index is -3.73. The Balaban J connectivity index is 1.51. The summed E-state index contributed by atoms with van der Waals surface area (Å²) >= 11 is 8.36. The molecule has 0 spiro atoms. The molecule has 0 bridgehead atoms. The SMILES string of the molecule is CN1CCc2nc(NC(=O)[C@@H]3CCCN3S(=O)(=O)c3ccc(Cl)s3)sc2C1. The molecule has 0 unspecified atom stereocenters. The molecule has 0 saturated carbocycles. The van der Waals surface area contributed by atoms with Crippen molar-refractivity contribution in [2.24, 2.45) is 0 Å². The van der Waals surface area contributed by atoms with Gasteiger partial charge in [0.15, 0.2) is 5.13 Å². The number of carbonyl (C=O) groups excluding carboxylic acids is 1. The number of fused-ring (bicyclic) bond motifs is 1. The van der Waals surface area contributed by atoms with Crippen LogP contribution in [0.2, 0.25) is 4.34 Å². The van der Waals surface area contributed by atoms with Crippen LogP contribution < -0.4 is 5.32 Å². The molecular formula is C16H19ClN4O3S3. The van der Waals surface area contributed by atoms with Gasteiger partial charge in [0.05, 0.1) is 10.0 Å². The largest absolute Gasteiger partial charge is 0.301 e. The quantitative estimate of drug-likeness (QED) is 0.780. The first-order chi connectivity index (χ1) is 12.8. The van der Waals surface area contributed by atoms with E-state index in [4.69, 9.17) is 11.6 Å². The van der Waals surface area contributed by atoms with Gasteiger partial charge in [0.1, 0.15) is 10.3 Å². The molecular weight excluding hydrogens is 428 g/mol. The molecule has 4 rings (SSSR count). The Morgan fingerprint density at radius 1 is 1.33 bits per heavy atom. The van der Waals surface area contributed by atoms with E-state index in [0.29, 0.717) is 28.9 Å². The maximum Gasteiger partial charge on any atom is 0.253 e. The summed E-state index contributed by atoms with van der Waals surface area (Å²) < 4.78 is 27.6. The molecule has 0 aliphatic carbocycles. The Kier molecular flexibility index (Phi) is 5.30. The number of amides is 1. The molecule has 27 heavy (non-hydrogen) atoms. The lowest BCUT2D eigenvalue weighted by atomic mass is 10.2. The summed E-state index contributed by atoms with van der Waals surface area (Å²) in [5.41, 5.74) is 1.03. The number of rotatable bonds is 4. The van der Waals surface area contributed by atoms with Gasteiger partial charge in [0, 0.05) is 30.9 Å². The summed E-state index contributed by atoms with van der Waals surface area (Å²) in [6.07, 6.45) is 2.01. The predicted octanol–water partition coefficient (Wildman–Crippen LogP) is 2.64. The molecule has 1 N–H and O–H groups in total. The highest BCUT2D eigenvalue weighted by Crippen LogP contribution is 2.33. The third-order valence-electron chi connectivity index (χ3n) is 4.77. The van der Waals surface area contributed by atoms with Crippen molar-refractivity contribution in [1.29, 1.82) is 0 Å². The van der Waals surface area contributed by atoms with Crippen LogP contribution in [-0.4, -0.2) is 54.7 Å². The van der Waals surface area contributed by atoms with Crippen molar-refractivity contribution in [3.8, 4) is 0 Å². The zero-order chi connectivity index (χ0) is 19.2. The maximum atomic E-state index is 12.9. The van der Waals surface area contributed by atoms with Gasteiger partial charge in [-0.1, -0.05) is 11.6 Å². The summed E-state index contributed by atoms with van der Waals surface area (Å²) in [5.74, 6) is -0.321. The number of nitrogens with zero attached hydrogens (tertiary/aromatic N) is 3. The van der Waals surface area contributed by atoms with Gasteiger partial charge < -0.3 is 10.2 Å². The van der Waals surface area contributed by atoms with Crippen LogP contribution in [0.1, 0.15) is 23.4 Å². The van der Waals surface area contributed by atoms with E-state index in [1.807, 2.05) is 0 Å². The number of thiophene rings is 1. The maximum absolute atomic E-state index is 12.9. The van der Waals surface area contributed by atoms with Crippen molar-refractivity contribution in [2.45, 2.75) is 36.1 Å². The summed E-state index contributed by atoms with van der Waals surface area (Å²) in [6.45, 7) is 2.10. The van der Waals surface area contributed by atoms with Gasteiger partial charge in [-0.15, -0.1) is 22.7 Å². The van der Waals surface area contributed by atoms with E-state index < -0.39 is 16.1 Å². The molecule has 7 nitrogen and oxygen atoms in total. The van der Waals surface area contributed by atoms with Crippen molar-refractivity contribution >= 4 is 55.3 Å². The number of thiazole rings is 1. The van der Waals surface area contributed by atoms with Crippen molar-refractivity contribution < 1.29 is 13.2 Å². The van der Waals surface area contributed by atoms with Gasteiger partial charge in [-0.3, -0.25) is 4.79 Å². The van der Waals surface area contributed by atoms with Gasteiger partial charge in [-0.2, -0.15) is 4.31 Å². The fourth-order valence-corrected chi connectivity index (χ4v) is 7.77. The highest BCUT2D eigenvalue weighted by molar-refractivity contribution is 7.91. The van der Waals surface area contributed by atoms with Gasteiger partial charge in [-0.25, -0.2) is 13.4 Å². The Morgan fingerprint density at radius 2 is 2.15 bits per heavy atom. The molecule has 2 aromatic rings. The Bertz CT molecular complexity index is 971. The number of likely N-dealkylation sites (N-methyl/N-ethyl adjacent to an activating group) is 1. The first-order valence-corrected chi connectivity index (χ1v) is 12.0. The number of nitrogens with one attached hydrogen (secondary N) is 1. The van der Waals surface area contributed by atoms with Crippen LogP contribution in [-0.2, 0) is 27.8 Å². The van der Waals surface area contributed by atoms with E-state index >= 15 is 0 Å². The molecule has 1 atom stereocenters. The normalized spacial score (nSPS) is 21.3. The Morgan fingerprint density at radius 3 is 2.89 bits per heavy atom. The van der Waals surface area contributed by atoms with Gasteiger partial charge in [0.2, 0.25) is 5.91 Å². The molecule has 2 aromatic heterocycles. The second-order valence-electron chi connectivity index (χ2n) is 6.70. The average molecular weight is 447 g/mol. The van der Waals surface area contributed by atoms with Crippen LogP contribution >= 0.6 is 34.3 Å². The molecule has 0 radical (unpaired) electrons. The molecule has 2 aliphatic heterocycles. The van der Waals surface area contributed by atoms with Crippen LogP contribution in [0.15, 0.2) is 16.3 Å². The summed E-state index contributed by atoms with van der Waals surface area (Å²) in [4.78, 5) is 20.7. The van der Waals surface area contributed by atoms with Crippen molar-refractivity contribution in [3.05, 3.63) is 27.0 Å². The van der Waals surface area contributed by atoms with Gasteiger partial charge in [-0.05, 0) is 32.0 Å². The average Bonchev–Trinajstić information content (AvgIpc) is 3.32. The number of hydrogen-bond acceptors (Lipinski definition) is 7. The fourth-order valence-electron chi connectivity index (χ4n) is 3.41. The second-order valence-corrected chi connectivity index (χ2v) is 11.6. The first-order valence-electron chi connectivity index (χ1n) is 8.60. The number of aromatic nitrogens is 1. The van der Waals surface area contributed by atoms with E-state index in [-0.39, 0.29) is 10.1 Å². The van der Waals surface area contributed by atoms with Crippen LogP contribution in [0.4, 0.5) is 5.13 Å². The first kappa shape index (κ1) is 19.3. The minimum absolute atomic E-state index is 0.167. The van der Waals surface area contributed by atoms with Crippen molar-refractivity contribution in [3.63, 3.8) is 0 Å². The Hall–Kier alpha value is -1.04. The molecule has 1 saturated heterocycles. The summed E-state index contributed by atoms with van der Waals surface area (Å²) in [6, 6.07) is 2.32. The summed E-state index contributed by atoms with van der Waals surface area (Å²) in [7, 11) is -1.68. The van der Waals surface area contributed by atoms with Crippen LogP contribution in [0.5, 0.6) is 0 Å². The smallest absolute Gasteiger partial charge is 0.253 e. The number of halogens is 1. The standard InChI is InChI=1S/C16H19ClN4O3S3/c1-20-8-6-10-12(9-20)25-16(18-10)19-15(22)11-3-2-7-21(11)27(23,24)14-5-4-13(17)26-14/h4-5,11H,2-3,6-9H2,1H3,(H,18,19,22)/t11-/m0/s1. The number of carbonyl (C=O) groups is 1. The molecule has 2 aliphatic rings. The molecule has 146 valence electrons. The van der Waals surface area contributed by atoms with E-state index in [9.17, 15) is 13.2 Å². The van der Waals surface area contributed by atoms with Crippen molar-refractivity contribution in [2.75, 3.05) is 25.5 Å². The lowest BCUT2D eigenvalue weighted by Crippen LogP contribution is -2.42. The molecule has 1 fully saturated rings. The van der Waals surface area contributed by atoms with E-state index in [1.54, 1.807) is 6.07 Å². The van der Waals surface area contributed by atoms with Gasteiger partial charge in [0.25, 0.3) is 10.0 Å². The lowest BCUT2D eigenvalue weighted by molar-refractivity contribution is -0.119. The number of hydrogen-bond donors (Lipinski definition) is 1. The predicted molar refractivity (Wildman–Crippen MR) is 107 cm³/mol. The zero-order valence-electron chi connectivity index (χ0n) is 14.6. The van der Waals surface area contributed by atoms with Crippen LogP contribution in [0.3, 0.4) is 0 Å². The van der Waals surface area contributed by atoms with E-state index in [2.05, 4.69) is 22.2 Å². The zero-order valence-corrected chi connectivity index (χ0v) is 17.8. The highest BCUT2D eigenvalue weighted by Gasteiger charge is 2.40. The second kappa shape index (κ2) is 7.41. The number of sulfonamides is 1. The van der Waals surface area contributed by atoms with Crippen LogP contribution in [0.25, 0.3) is 0 Å². The summed E-state index contributed by atoms with van der Waals surface area (Å²) in [5, 5.41) is 3.38.